The third kappa shape index (κ3) is 3.60. The van der Waals surface area contributed by atoms with Gasteiger partial charge in [-0.25, -0.2) is 4.98 Å². The second-order valence-corrected chi connectivity index (χ2v) is 4.52. The number of benzene rings is 1. The van der Waals surface area contributed by atoms with E-state index in [4.69, 9.17) is 0 Å². The highest BCUT2D eigenvalue weighted by atomic mass is 16.1. The molecule has 0 fully saturated rings. The van der Waals surface area contributed by atoms with Gasteiger partial charge in [0.15, 0.2) is 0 Å². The first-order chi connectivity index (χ1) is 9.72. The first kappa shape index (κ1) is 14.1. The summed E-state index contributed by atoms with van der Waals surface area (Å²) in [5, 5.41) is 2.88. The van der Waals surface area contributed by atoms with E-state index in [1.165, 1.54) is 5.69 Å². The van der Waals surface area contributed by atoms with E-state index >= 15 is 0 Å². The van der Waals surface area contributed by atoms with Crippen molar-refractivity contribution in [2.75, 3.05) is 23.3 Å². The highest BCUT2D eigenvalue weighted by Gasteiger charge is 2.06. The summed E-state index contributed by atoms with van der Waals surface area (Å²) in [6.07, 6.45) is 3.53. The average Bonchev–Trinajstić information content (AvgIpc) is 2.94. The molecule has 0 aliphatic rings. The lowest BCUT2D eigenvalue weighted by Gasteiger charge is -2.21. The largest absolute Gasteiger partial charge is 0.372 e. The van der Waals surface area contributed by atoms with E-state index in [1.807, 2.05) is 24.3 Å². The minimum absolute atomic E-state index is 0.0511. The molecular weight excluding hydrogens is 252 g/mol. The Morgan fingerprint density at radius 3 is 2.50 bits per heavy atom. The summed E-state index contributed by atoms with van der Waals surface area (Å²) in [5.74, 6) is -0.0511. The van der Waals surface area contributed by atoms with Crippen molar-refractivity contribution in [3.63, 3.8) is 0 Å². The van der Waals surface area contributed by atoms with Gasteiger partial charge in [-0.05, 0) is 38.1 Å². The molecule has 2 aromatic rings. The molecule has 1 aromatic carbocycles. The molecule has 0 spiro atoms. The van der Waals surface area contributed by atoms with Crippen molar-refractivity contribution in [1.29, 1.82) is 0 Å². The van der Waals surface area contributed by atoms with Gasteiger partial charge in [-0.15, -0.1) is 0 Å². The third-order valence-electron chi connectivity index (χ3n) is 3.19. The second kappa shape index (κ2) is 6.75. The van der Waals surface area contributed by atoms with Gasteiger partial charge >= 0.3 is 0 Å². The molecule has 0 saturated heterocycles. The summed E-state index contributed by atoms with van der Waals surface area (Å²) in [6, 6.07) is 7.91. The number of imidazole rings is 1. The van der Waals surface area contributed by atoms with Gasteiger partial charge in [0.2, 0.25) is 5.91 Å². The molecular formula is C15H20N4O. The molecule has 5 nitrogen and oxygen atoms in total. The van der Waals surface area contributed by atoms with Crippen LogP contribution in [0.15, 0.2) is 36.8 Å². The molecule has 0 atom stereocenters. The molecule has 2 N–H and O–H groups in total. The number of anilines is 2. The van der Waals surface area contributed by atoms with E-state index in [0.29, 0.717) is 6.42 Å². The monoisotopic (exact) mass is 272 g/mol. The Labute approximate surface area is 119 Å². The number of nitrogens with zero attached hydrogens (tertiary/aromatic N) is 2. The Hall–Kier alpha value is -2.30. The van der Waals surface area contributed by atoms with Crippen LogP contribution in [-0.2, 0) is 11.2 Å². The average molecular weight is 272 g/mol. The maximum Gasteiger partial charge on any atom is 0.230 e. The van der Waals surface area contributed by atoms with Crippen LogP contribution in [0.1, 0.15) is 19.5 Å². The van der Waals surface area contributed by atoms with Crippen LogP contribution in [0.3, 0.4) is 0 Å². The van der Waals surface area contributed by atoms with Crippen LogP contribution >= 0.6 is 0 Å². The lowest BCUT2D eigenvalue weighted by atomic mass is 10.2. The Kier molecular flexibility index (Phi) is 4.76. The molecule has 1 amide bonds. The Balaban J connectivity index is 1.95. The summed E-state index contributed by atoms with van der Waals surface area (Å²) in [5.41, 5.74) is 2.79. The smallest absolute Gasteiger partial charge is 0.230 e. The summed E-state index contributed by atoms with van der Waals surface area (Å²) >= 11 is 0. The van der Waals surface area contributed by atoms with Crippen LogP contribution in [0, 0.1) is 0 Å². The van der Waals surface area contributed by atoms with Gasteiger partial charge in [0, 0.05) is 36.4 Å². The van der Waals surface area contributed by atoms with Crippen LogP contribution in [0.25, 0.3) is 0 Å². The number of aromatic amines is 1. The van der Waals surface area contributed by atoms with Crippen LogP contribution in [0.5, 0.6) is 0 Å². The predicted molar refractivity (Wildman–Crippen MR) is 80.9 cm³/mol. The van der Waals surface area contributed by atoms with E-state index in [0.717, 1.165) is 24.5 Å². The number of hydrogen-bond donors (Lipinski definition) is 2. The molecule has 0 saturated carbocycles. The summed E-state index contributed by atoms with van der Waals surface area (Å²) in [7, 11) is 0. The predicted octanol–water partition coefficient (Wildman–Crippen LogP) is 2.44. The molecule has 0 aliphatic carbocycles. The Morgan fingerprint density at radius 2 is 1.95 bits per heavy atom. The van der Waals surface area contributed by atoms with E-state index in [2.05, 4.69) is 34.0 Å². The van der Waals surface area contributed by atoms with Crippen molar-refractivity contribution in [1.82, 2.24) is 9.97 Å². The molecule has 1 aromatic heterocycles. The maximum atomic E-state index is 11.8. The highest BCUT2D eigenvalue weighted by molar-refractivity contribution is 5.92. The van der Waals surface area contributed by atoms with Crippen LogP contribution in [-0.4, -0.2) is 29.0 Å². The third-order valence-corrected chi connectivity index (χ3v) is 3.19. The van der Waals surface area contributed by atoms with E-state index in [1.54, 1.807) is 12.5 Å². The number of aromatic nitrogens is 2. The zero-order chi connectivity index (χ0) is 14.4. The van der Waals surface area contributed by atoms with Gasteiger partial charge in [-0.1, -0.05) is 0 Å². The Bertz CT molecular complexity index is 530. The van der Waals surface area contributed by atoms with Gasteiger partial charge in [0.25, 0.3) is 0 Å². The molecule has 0 aliphatic heterocycles. The van der Waals surface area contributed by atoms with Gasteiger partial charge in [0.1, 0.15) is 0 Å². The molecule has 0 radical (unpaired) electrons. The van der Waals surface area contributed by atoms with Crippen LogP contribution in [0.2, 0.25) is 0 Å². The first-order valence-electron chi connectivity index (χ1n) is 6.85. The van der Waals surface area contributed by atoms with Crippen molar-refractivity contribution in [3.05, 3.63) is 42.5 Å². The summed E-state index contributed by atoms with van der Waals surface area (Å²) in [4.78, 5) is 20.9. The topological polar surface area (TPSA) is 61.0 Å². The molecule has 5 heteroatoms. The lowest BCUT2D eigenvalue weighted by Crippen LogP contribution is -2.21. The highest BCUT2D eigenvalue weighted by Crippen LogP contribution is 2.17. The second-order valence-electron chi connectivity index (χ2n) is 4.52. The standard InChI is InChI=1S/C15H20N4O/c1-3-19(4-2)14-7-5-12(6-8-14)18-15(20)9-13-10-16-11-17-13/h5-8,10-11H,3-4,9H2,1-2H3,(H,16,17)(H,18,20). The summed E-state index contributed by atoms with van der Waals surface area (Å²) in [6.45, 7) is 6.21. The number of carbonyl (C=O) groups excluding carboxylic acids is 1. The van der Waals surface area contributed by atoms with Gasteiger partial charge < -0.3 is 15.2 Å². The van der Waals surface area contributed by atoms with Crippen LogP contribution in [0.4, 0.5) is 11.4 Å². The lowest BCUT2D eigenvalue weighted by molar-refractivity contribution is -0.115. The fourth-order valence-corrected chi connectivity index (χ4v) is 2.10. The number of rotatable bonds is 6. The van der Waals surface area contributed by atoms with Gasteiger partial charge in [0.05, 0.1) is 12.7 Å². The fraction of sp³-hybridized carbons (Fsp3) is 0.333. The van der Waals surface area contributed by atoms with E-state index < -0.39 is 0 Å². The Morgan fingerprint density at radius 1 is 1.25 bits per heavy atom. The number of amides is 1. The number of nitrogens with one attached hydrogen (secondary N) is 2. The molecule has 0 unspecified atom stereocenters. The van der Waals surface area contributed by atoms with Gasteiger partial charge in [-0.2, -0.15) is 0 Å². The first-order valence-corrected chi connectivity index (χ1v) is 6.85. The van der Waals surface area contributed by atoms with Crippen molar-refractivity contribution in [3.8, 4) is 0 Å². The molecule has 20 heavy (non-hydrogen) atoms. The molecule has 106 valence electrons. The van der Waals surface area contributed by atoms with Crippen LogP contribution < -0.4 is 10.2 Å². The molecule has 2 rings (SSSR count). The van der Waals surface area contributed by atoms with Gasteiger partial charge in [-0.3, -0.25) is 4.79 Å². The number of carbonyl (C=O) groups is 1. The minimum Gasteiger partial charge on any atom is -0.372 e. The zero-order valence-electron chi connectivity index (χ0n) is 11.9. The molecule has 1 heterocycles. The van der Waals surface area contributed by atoms with E-state index in [9.17, 15) is 4.79 Å². The fourth-order valence-electron chi connectivity index (χ4n) is 2.10. The minimum atomic E-state index is -0.0511. The zero-order valence-corrected chi connectivity index (χ0v) is 11.9. The van der Waals surface area contributed by atoms with Crippen molar-refractivity contribution in [2.45, 2.75) is 20.3 Å². The quantitative estimate of drug-likeness (QED) is 0.849. The van der Waals surface area contributed by atoms with Crippen molar-refractivity contribution in [2.24, 2.45) is 0 Å². The number of hydrogen-bond acceptors (Lipinski definition) is 3. The normalized spacial score (nSPS) is 10.3. The van der Waals surface area contributed by atoms with Crippen molar-refractivity contribution < 1.29 is 4.79 Å². The van der Waals surface area contributed by atoms with Crippen molar-refractivity contribution >= 4 is 17.3 Å². The maximum absolute atomic E-state index is 11.8. The SMILES string of the molecule is CCN(CC)c1ccc(NC(=O)Cc2cnc[nH]2)cc1. The summed E-state index contributed by atoms with van der Waals surface area (Å²) < 4.78 is 0. The number of H-pyrrole nitrogens is 1. The molecule has 0 bridgehead atoms. The van der Waals surface area contributed by atoms with E-state index in [-0.39, 0.29) is 5.91 Å².